The number of alkyl halides is 2. The van der Waals surface area contributed by atoms with Crippen LogP contribution in [0.3, 0.4) is 0 Å². The Balaban J connectivity index is 1.99. The van der Waals surface area contributed by atoms with E-state index in [0.717, 1.165) is 0 Å². The van der Waals surface area contributed by atoms with Crippen molar-refractivity contribution in [2.75, 3.05) is 13.2 Å². The van der Waals surface area contributed by atoms with Crippen molar-refractivity contribution in [1.82, 2.24) is 5.32 Å². The predicted molar refractivity (Wildman–Crippen MR) is 74.4 cm³/mol. The van der Waals surface area contributed by atoms with Crippen LogP contribution in [0.4, 0.5) is 8.78 Å². The van der Waals surface area contributed by atoms with Crippen molar-refractivity contribution in [3.8, 4) is 5.75 Å². The molecule has 1 saturated heterocycles. The van der Waals surface area contributed by atoms with Crippen LogP contribution in [0.25, 0.3) is 0 Å². The molecule has 4 nitrogen and oxygen atoms in total. The zero-order valence-electron chi connectivity index (χ0n) is 12.4. The van der Waals surface area contributed by atoms with E-state index in [0.29, 0.717) is 18.8 Å². The molecule has 0 amide bonds. The number of hydrogen-bond donors (Lipinski definition) is 1. The summed E-state index contributed by atoms with van der Waals surface area (Å²) in [6.45, 7) is 3.80. The number of ether oxygens (including phenoxy) is 3. The molecule has 1 aromatic carbocycles. The fraction of sp³-hybridized carbons (Fsp3) is 0.600. The van der Waals surface area contributed by atoms with E-state index < -0.39 is 12.4 Å². The van der Waals surface area contributed by atoms with Gasteiger partial charge in [0.2, 0.25) is 0 Å². The van der Waals surface area contributed by atoms with Crippen molar-refractivity contribution in [2.24, 2.45) is 0 Å². The Labute approximate surface area is 123 Å². The molecule has 0 aliphatic carbocycles. The average Bonchev–Trinajstić information content (AvgIpc) is 2.41. The maximum absolute atomic E-state index is 12.4. The molecule has 1 fully saturated rings. The second-order valence-corrected chi connectivity index (χ2v) is 5.52. The van der Waals surface area contributed by atoms with E-state index in [2.05, 4.69) is 10.1 Å². The third-order valence-corrected chi connectivity index (χ3v) is 3.35. The number of halogens is 2. The third kappa shape index (κ3) is 4.62. The van der Waals surface area contributed by atoms with Gasteiger partial charge in [-0.3, -0.25) is 0 Å². The molecule has 1 aromatic rings. The average molecular weight is 301 g/mol. The van der Waals surface area contributed by atoms with Crippen molar-refractivity contribution in [3.63, 3.8) is 0 Å². The second-order valence-electron chi connectivity index (χ2n) is 5.52. The first-order valence-corrected chi connectivity index (χ1v) is 6.95. The lowest BCUT2D eigenvalue weighted by molar-refractivity contribution is -0.253. The standard InChI is InChI=1S/C15H21F2NO3/c1-10(18-11-8-19-15(2,3)20-9-11)12-6-4-5-7-13(12)21-14(16)17/h4-7,10-11,14,18H,8-9H2,1-3H3. The van der Waals surface area contributed by atoms with Crippen LogP contribution < -0.4 is 10.1 Å². The summed E-state index contributed by atoms with van der Waals surface area (Å²) < 4.78 is 40.6. The lowest BCUT2D eigenvalue weighted by Gasteiger charge is -2.36. The zero-order chi connectivity index (χ0) is 15.5. The van der Waals surface area contributed by atoms with Crippen LogP contribution in [0.5, 0.6) is 5.75 Å². The molecular weight excluding hydrogens is 280 g/mol. The smallest absolute Gasteiger partial charge is 0.387 e. The summed E-state index contributed by atoms with van der Waals surface area (Å²) in [7, 11) is 0. The van der Waals surface area contributed by atoms with Crippen LogP contribution in [0, 0.1) is 0 Å². The molecule has 0 radical (unpaired) electrons. The van der Waals surface area contributed by atoms with E-state index in [1.54, 1.807) is 18.2 Å². The van der Waals surface area contributed by atoms with Gasteiger partial charge in [-0.2, -0.15) is 8.78 Å². The van der Waals surface area contributed by atoms with Gasteiger partial charge in [0.05, 0.1) is 19.3 Å². The largest absolute Gasteiger partial charge is 0.434 e. The van der Waals surface area contributed by atoms with Gasteiger partial charge in [-0.1, -0.05) is 18.2 Å². The van der Waals surface area contributed by atoms with E-state index in [1.807, 2.05) is 20.8 Å². The highest BCUT2D eigenvalue weighted by Crippen LogP contribution is 2.27. The number of hydrogen-bond acceptors (Lipinski definition) is 4. The molecule has 0 spiro atoms. The molecule has 0 bridgehead atoms. The molecule has 1 aliphatic heterocycles. The monoisotopic (exact) mass is 301 g/mol. The molecule has 0 saturated carbocycles. The minimum Gasteiger partial charge on any atom is -0.434 e. The molecule has 2 rings (SSSR count). The van der Waals surface area contributed by atoms with Gasteiger partial charge in [0.25, 0.3) is 0 Å². The molecular formula is C15H21F2NO3. The number of benzene rings is 1. The Morgan fingerprint density at radius 1 is 1.24 bits per heavy atom. The number of nitrogens with one attached hydrogen (secondary N) is 1. The summed E-state index contributed by atoms with van der Waals surface area (Å²) in [5.74, 6) is -0.386. The molecule has 1 atom stereocenters. The normalized spacial score (nSPS) is 20.5. The summed E-state index contributed by atoms with van der Waals surface area (Å²) in [4.78, 5) is 0. The SMILES string of the molecule is CC(NC1COC(C)(C)OC1)c1ccccc1OC(F)F. The first-order chi connectivity index (χ1) is 9.87. The summed E-state index contributed by atoms with van der Waals surface area (Å²) >= 11 is 0. The van der Waals surface area contributed by atoms with E-state index in [-0.39, 0.29) is 17.8 Å². The highest BCUT2D eigenvalue weighted by atomic mass is 19.3. The van der Waals surface area contributed by atoms with E-state index in [1.165, 1.54) is 6.07 Å². The fourth-order valence-electron chi connectivity index (χ4n) is 2.27. The van der Waals surface area contributed by atoms with Gasteiger partial charge >= 0.3 is 6.61 Å². The quantitative estimate of drug-likeness (QED) is 0.907. The summed E-state index contributed by atoms with van der Waals surface area (Å²) in [6.07, 6.45) is 0. The van der Waals surface area contributed by atoms with Crippen molar-refractivity contribution in [3.05, 3.63) is 29.8 Å². The highest BCUT2D eigenvalue weighted by molar-refractivity contribution is 5.35. The summed E-state index contributed by atoms with van der Waals surface area (Å²) in [5.41, 5.74) is 0.683. The van der Waals surface area contributed by atoms with Crippen molar-refractivity contribution in [2.45, 2.75) is 45.3 Å². The second kappa shape index (κ2) is 6.68. The molecule has 1 unspecified atom stereocenters. The minimum atomic E-state index is -2.83. The number of para-hydroxylation sites is 1. The van der Waals surface area contributed by atoms with E-state index in [9.17, 15) is 8.78 Å². The molecule has 118 valence electrons. The Hall–Kier alpha value is -1.24. The predicted octanol–water partition coefficient (Wildman–Crippen LogP) is 3.09. The Bertz CT molecular complexity index is 458. The first-order valence-electron chi connectivity index (χ1n) is 6.95. The molecule has 1 N–H and O–H groups in total. The van der Waals surface area contributed by atoms with Gasteiger partial charge in [0.1, 0.15) is 5.75 Å². The van der Waals surface area contributed by atoms with Crippen LogP contribution in [-0.2, 0) is 9.47 Å². The van der Waals surface area contributed by atoms with Gasteiger partial charge in [0, 0.05) is 11.6 Å². The van der Waals surface area contributed by atoms with E-state index in [4.69, 9.17) is 9.47 Å². The first kappa shape index (κ1) is 16.1. The van der Waals surface area contributed by atoms with Gasteiger partial charge in [-0.15, -0.1) is 0 Å². The van der Waals surface area contributed by atoms with Crippen molar-refractivity contribution >= 4 is 0 Å². The molecule has 21 heavy (non-hydrogen) atoms. The Morgan fingerprint density at radius 3 is 2.48 bits per heavy atom. The van der Waals surface area contributed by atoms with Crippen LogP contribution in [0.2, 0.25) is 0 Å². The molecule has 0 aromatic heterocycles. The maximum atomic E-state index is 12.4. The molecule has 1 aliphatic rings. The lowest BCUT2D eigenvalue weighted by Crippen LogP contribution is -2.49. The summed E-state index contributed by atoms with van der Waals surface area (Å²) in [6, 6.07) is 6.62. The minimum absolute atomic E-state index is 0.00707. The van der Waals surface area contributed by atoms with Gasteiger partial charge < -0.3 is 19.5 Å². The number of rotatable bonds is 5. The Kier molecular flexibility index (Phi) is 5.13. The van der Waals surface area contributed by atoms with Crippen LogP contribution >= 0.6 is 0 Å². The maximum Gasteiger partial charge on any atom is 0.387 e. The van der Waals surface area contributed by atoms with Gasteiger partial charge in [-0.05, 0) is 26.8 Å². The van der Waals surface area contributed by atoms with Gasteiger partial charge in [-0.25, -0.2) is 0 Å². The zero-order valence-corrected chi connectivity index (χ0v) is 12.4. The highest BCUT2D eigenvalue weighted by Gasteiger charge is 2.29. The topological polar surface area (TPSA) is 39.7 Å². The fourth-order valence-corrected chi connectivity index (χ4v) is 2.27. The van der Waals surface area contributed by atoms with Crippen LogP contribution in [0.15, 0.2) is 24.3 Å². The van der Waals surface area contributed by atoms with Crippen LogP contribution in [-0.4, -0.2) is 31.7 Å². The van der Waals surface area contributed by atoms with Crippen molar-refractivity contribution < 1.29 is 23.0 Å². The molecule has 1 heterocycles. The lowest BCUT2D eigenvalue weighted by atomic mass is 10.1. The van der Waals surface area contributed by atoms with Crippen molar-refractivity contribution in [1.29, 1.82) is 0 Å². The van der Waals surface area contributed by atoms with Crippen LogP contribution in [0.1, 0.15) is 32.4 Å². The Morgan fingerprint density at radius 2 is 1.86 bits per heavy atom. The van der Waals surface area contributed by atoms with E-state index >= 15 is 0 Å². The molecule has 6 heteroatoms. The van der Waals surface area contributed by atoms with Gasteiger partial charge in [0.15, 0.2) is 5.79 Å². The summed E-state index contributed by atoms with van der Waals surface area (Å²) in [5, 5.41) is 3.31. The third-order valence-electron chi connectivity index (χ3n) is 3.35.